The third kappa shape index (κ3) is 3.46. The number of aromatic hydroxyl groups is 1. The highest BCUT2D eigenvalue weighted by Crippen LogP contribution is 2.68. The molecule has 39 heavy (non-hydrogen) atoms. The smallest absolute Gasteiger partial charge is 0.416 e. The van der Waals surface area contributed by atoms with E-state index in [1.54, 1.807) is 12.1 Å². The number of thioether (sulfide) groups is 1. The Bertz CT molecular complexity index is 1600. The van der Waals surface area contributed by atoms with Gasteiger partial charge in [-0.3, -0.25) is 19.3 Å². The monoisotopic (exact) mass is 574 g/mol. The topological polar surface area (TPSA) is 99.7 Å². The summed E-state index contributed by atoms with van der Waals surface area (Å²) in [6.45, 7) is 0. The molecule has 0 radical (unpaired) electrons. The van der Waals surface area contributed by atoms with Crippen molar-refractivity contribution in [1.29, 1.82) is 0 Å². The van der Waals surface area contributed by atoms with E-state index in [0.29, 0.717) is 6.42 Å². The standard InChI is InChI=1S/C27H21F3N2O5S2/c1-37-16-7-10(5-6-15(16)33)17-18-13-9-14(21(18)38-23-22(17)39-26(36)31-23)20-19(13)24(34)32(25(20)35)12-4-2-3-11(8-12)27(28,29)30/h2-8,13-14,17-21,33H,9H2,1H3,(H,31,36)/t13-,14+,17+,18+,19+,20+,21+/m0/s1. The third-order valence-corrected chi connectivity index (χ3v) is 11.3. The minimum atomic E-state index is -4.60. The number of nitrogens with zero attached hydrogens (tertiary/aromatic N) is 1. The lowest BCUT2D eigenvalue weighted by molar-refractivity contribution is -0.137. The van der Waals surface area contributed by atoms with Crippen LogP contribution in [0.3, 0.4) is 0 Å². The Morgan fingerprint density at radius 2 is 1.79 bits per heavy atom. The molecule has 12 heteroatoms. The molecule has 2 aliphatic heterocycles. The van der Waals surface area contributed by atoms with Crippen LogP contribution in [0.2, 0.25) is 0 Å². The van der Waals surface area contributed by atoms with E-state index in [1.807, 2.05) is 0 Å². The summed E-state index contributed by atoms with van der Waals surface area (Å²) in [5, 5.41) is 10.8. The zero-order valence-electron chi connectivity index (χ0n) is 20.3. The number of carbonyl (C=O) groups is 2. The Balaban J connectivity index is 1.31. The number of hydrogen-bond acceptors (Lipinski definition) is 7. The lowest BCUT2D eigenvalue weighted by atomic mass is 9.68. The van der Waals surface area contributed by atoms with Crippen LogP contribution in [0.25, 0.3) is 0 Å². The molecule has 2 saturated carbocycles. The molecule has 2 bridgehead atoms. The highest BCUT2D eigenvalue weighted by atomic mass is 32.2. The summed E-state index contributed by atoms with van der Waals surface area (Å²) in [6, 6.07) is 9.40. The van der Waals surface area contributed by atoms with Crippen LogP contribution in [0.5, 0.6) is 11.5 Å². The number of H-pyrrole nitrogens is 1. The van der Waals surface area contributed by atoms with E-state index in [2.05, 4.69) is 4.98 Å². The van der Waals surface area contributed by atoms with Crippen molar-refractivity contribution in [2.24, 2.45) is 29.6 Å². The Morgan fingerprint density at radius 1 is 1.05 bits per heavy atom. The van der Waals surface area contributed by atoms with E-state index >= 15 is 0 Å². The molecule has 1 aromatic heterocycles. The van der Waals surface area contributed by atoms with Gasteiger partial charge in [-0.2, -0.15) is 13.2 Å². The van der Waals surface area contributed by atoms with Gasteiger partial charge in [0, 0.05) is 16.0 Å². The number of methoxy groups -OCH3 is 1. The van der Waals surface area contributed by atoms with Crippen LogP contribution >= 0.6 is 23.1 Å². The van der Waals surface area contributed by atoms with Crippen molar-refractivity contribution < 1.29 is 32.6 Å². The van der Waals surface area contributed by atoms with Gasteiger partial charge in [-0.05, 0) is 60.1 Å². The van der Waals surface area contributed by atoms with Gasteiger partial charge in [0.2, 0.25) is 11.8 Å². The van der Waals surface area contributed by atoms with Crippen molar-refractivity contribution in [1.82, 2.24) is 4.98 Å². The fourth-order valence-electron chi connectivity index (χ4n) is 7.35. The average molecular weight is 575 g/mol. The van der Waals surface area contributed by atoms with Crippen LogP contribution in [-0.2, 0) is 15.8 Å². The lowest BCUT2D eigenvalue weighted by Crippen LogP contribution is -2.42. The minimum Gasteiger partial charge on any atom is -0.504 e. The van der Waals surface area contributed by atoms with Crippen molar-refractivity contribution in [2.75, 3.05) is 12.0 Å². The molecule has 2 amide bonds. The largest absolute Gasteiger partial charge is 0.504 e. The molecule has 7 nitrogen and oxygen atoms in total. The molecule has 7 atom stereocenters. The average Bonchev–Trinajstić information content (AvgIpc) is 3.63. The first kappa shape index (κ1) is 24.8. The number of rotatable bonds is 3. The van der Waals surface area contributed by atoms with Gasteiger partial charge in [0.25, 0.3) is 0 Å². The number of ether oxygens (including phenoxy) is 1. The normalized spacial score (nSPS) is 30.9. The zero-order chi connectivity index (χ0) is 27.4. The van der Waals surface area contributed by atoms with E-state index in [9.17, 15) is 32.7 Å². The predicted octanol–water partition coefficient (Wildman–Crippen LogP) is 4.85. The number of phenols is 1. The summed E-state index contributed by atoms with van der Waals surface area (Å²) >= 11 is 2.63. The first-order valence-corrected chi connectivity index (χ1v) is 14.1. The minimum absolute atomic E-state index is 0.0215. The number of phenolic OH excluding ortho intramolecular Hbond substituents is 1. The quantitative estimate of drug-likeness (QED) is 0.434. The van der Waals surface area contributed by atoms with Gasteiger partial charge in [-0.25, -0.2) is 0 Å². The van der Waals surface area contributed by atoms with Crippen LogP contribution in [0.1, 0.15) is 28.3 Å². The summed E-state index contributed by atoms with van der Waals surface area (Å²) in [6.07, 6.45) is -3.95. The van der Waals surface area contributed by atoms with Crippen molar-refractivity contribution >= 4 is 40.6 Å². The number of aromatic amines is 1. The van der Waals surface area contributed by atoms with Gasteiger partial charge in [0.1, 0.15) is 0 Å². The first-order chi connectivity index (χ1) is 18.6. The Morgan fingerprint density at radius 3 is 2.51 bits per heavy atom. The number of thiazole rings is 1. The molecule has 2 aliphatic carbocycles. The molecule has 202 valence electrons. The molecule has 2 N–H and O–H groups in total. The Hall–Kier alpha value is -3.25. The predicted molar refractivity (Wildman–Crippen MR) is 137 cm³/mol. The van der Waals surface area contributed by atoms with Crippen LogP contribution < -0.4 is 14.5 Å². The number of anilines is 1. The Labute approximate surface area is 228 Å². The van der Waals surface area contributed by atoms with E-state index in [0.717, 1.165) is 43.8 Å². The maximum Gasteiger partial charge on any atom is 0.416 e. The molecule has 7 rings (SSSR count). The van der Waals surface area contributed by atoms with Crippen molar-refractivity contribution in [3.63, 3.8) is 0 Å². The molecule has 1 saturated heterocycles. The highest BCUT2D eigenvalue weighted by Gasteiger charge is 2.69. The molecule has 0 spiro atoms. The van der Waals surface area contributed by atoms with Gasteiger partial charge >= 0.3 is 11.0 Å². The molecule has 3 fully saturated rings. The lowest BCUT2D eigenvalue weighted by Gasteiger charge is -2.43. The van der Waals surface area contributed by atoms with Gasteiger partial charge in [-0.1, -0.05) is 23.5 Å². The van der Waals surface area contributed by atoms with E-state index in [4.69, 9.17) is 4.74 Å². The second kappa shape index (κ2) is 8.37. The maximum absolute atomic E-state index is 13.8. The van der Waals surface area contributed by atoms with Crippen molar-refractivity contribution in [3.05, 3.63) is 68.1 Å². The number of nitrogens with one attached hydrogen (secondary N) is 1. The van der Waals surface area contributed by atoms with Crippen LogP contribution in [0.4, 0.5) is 18.9 Å². The number of amides is 2. The number of imide groups is 1. The van der Waals surface area contributed by atoms with E-state index in [-0.39, 0.29) is 51.0 Å². The zero-order valence-corrected chi connectivity index (χ0v) is 21.9. The van der Waals surface area contributed by atoms with Crippen LogP contribution in [0.15, 0.2) is 52.3 Å². The number of halogens is 3. The summed E-state index contributed by atoms with van der Waals surface area (Å²) < 4.78 is 45.5. The van der Waals surface area contributed by atoms with Gasteiger partial charge in [0.15, 0.2) is 11.5 Å². The molecular formula is C27H21F3N2O5S2. The fourth-order valence-corrected chi connectivity index (χ4v) is 10.2. The van der Waals surface area contributed by atoms with Crippen molar-refractivity contribution in [2.45, 2.75) is 28.8 Å². The number of alkyl halides is 3. The second-order valence-corrected chi connectivity index (χ2v) is 12.7. The van der Waals surface area contributed by atoms with E-state index < -0.39 is 35.4 Å². The highest BCUT2D eigenvalue weighted by molar-refractivity contribution is 8.00. The van der Waals surface area contributed by atoms with Gasteiger partial charge in [-0.15, -0.1) is 11.8 Å². The molecule has 2 aromatic carbocycles. The van der Waals surface area contributed by atoms with Crippen LogP contribution in [-0.4, -0.2) is 34.3 Å². The number of carbonyl (C=O) groups excluding carboxylic acids is 2. The summed E-state index contributed by atoms with van der Waals surface area (Å²) in [5.41, 5.74) is -0.154. The maximum atomic E-state index is 13.8. The molecule has 3 heterocycles. The number of fused-ring (bicyclic) bond motifs is 9. The van der Waals surface area contributed by atoms with Gasteiger partial charge in [0.05, 0.1) is 35.2 Å². The molecule has 4 aliphatic rings. The summed E-state index contributed by atoms with van der Waals surface area (Å²) in [5.74, 6) is -2.63. The van der Waals surface area contributed by atoms with E-state index in [1.165, 1.54) is 37.1 Å². The fraction of sp³-hybridized carbons (Fsp3) is 0.370. The molecule has 3 aromatic rings. The van der Waals surface area contributed by atoms with Gasteiger partial charge < -0.3 is 14.8 Å². The SMILES string of the molecule is COc1cc([C@H]2c3sc(=O)[nH]c3S[C@@H]3[C@@H]4C[C@H]([C@H]5C(=O)N(c6cccc(C(F)(F)F)c6)C(=O)[C@H]45)[C@H]23)ccc1O. The summed E-state index contributed by atoms with van der Waals surface area (Å²) in [4.78, 5) is 44.3. The van der Waals surface area contributed by atoms with Crippen LogP contribution in [0, 0.1) is 29.6 Å². The second-order valence-electron chi connectivity index (χ2n) is 10.5. The molecule has 0 unspecified atom stereocenters. The number of hydrogen-bond donors (Lipinski definition) is 2. The number of aromatic nitrogens is 1. The summed E-state index contributed by atoms with van der Waals surface area (Å²) in [7, 11) is 1.45. The molecular weight excluding hydrogens is 553 g/mol. The van der Waals surface area contributed by atoms with Crippen molar-refractivity contribution in [3.8, 4) is 11.5 Å². The Kier molecular flexibility index (Phi) is 5.32. The number of benzene rings is 2. The third-order valence-electron chi connectivity index (χ3n) is 8.72. The first-order valence-electron chi connectivity index (χ1n) is 12.4.